The van der Waals surface area contributed by atoms with E-state index in [1.165, 1.54) is 32.1 Å². The highest BCUT2D eigenvalue weighted by molar-refractivity contribution is 4.62. The number of hydrogen-bond acceptors (Lipinski definition) is 2. The molecule has 0 heterocycles. The topological polar surface area (TPSA) is 18.5 Å². The molecule has 0 spiro atoms. The highest BCUT2D eigenvalue weighted by Gasteiger charge is 2.11. The van der Waals surface area contributed by atoms with Crippen LogP contribution >= 0.6 is 0 Å². The van der Waals surface area contributed by atoms with E-state index in [0.29, 0.717) is 5.92 Å². The van der Waals surface area contributed by atoms with Crippen LogP contribution in [0.2, 0.25) is 0 Å². The number of methoxy groups -OCH3 is 2. The summed E-state index contributed by atoms with van der Waals surface area (Å²) >= 11 is 0. The van der Waals surface area contributed by atoms with E-state index in [2.05, 4.69) is 20.8 Å². The molecule has 2 nitrogen and oxygen atoms in total. The van der Waals surface area contributed by atoms with Crippen LogP contribution in [-0.2, 0) is 9.47 Å². The second kappa shape index (κ2) is 11.0. The Bertz CT molecular complexity index is 151. The van der Waals surface area contributed by atoms with Crippen molar-refractivity contribution in [1.82, 2.24) is 0 Å². The van der Waals surface area contributed by atoms with E-state index >= 15 is 0 Å². The third-order valence-corrected chi connectivity index (χ3v) is 3.35. The van der Waals surface area contributed by atoms with E-state index in [9.17, 15) is 0 Å². The molecule has 0 amide bonds. The van der Waals surface area contributed by atoms with Crippen LogP contribution in [-0.4, -0.2) is 27.4 Å². The maximum Gasteiger partial charge on any atom is 0.0512 e. The van der Waals surface area contributed by atoms with E-state index < -0.39 is 0 Å². The van der Waals surface area contributed by atoms with Gasteiger partial charge in [0.15, 0.2) is 0 Å². The van der Waals surface area contributed by atoms with E-state index in [1.54, 1.807) is 14.2 Å². The molecule has 0 aromatic heterocycles. The fourth-order valence-electron chi connectivity index (χ4n) is 2.23. The van der Waals surface area contributed by atoms with Gasteiger partial charge in [-0.15, -0.1) is 0 Å². The van der Waals surface area contributed by atoms with Crippen LogP contribution < -0.4 is 0 Å². The third kappa shape index (κ3) is 10.8. The summed E-state index contributed by atoms with van der Waals surface area (Å²) in [6, 6.07) is 0. The minimum absolute atomic E-state index is 0.567. The Morgan fingerprint density at radius 1 is 0.765 bits per heavy atom. The summed E-state index contributed by atoms with van der Waals surface area (Å²) in [5.74, 6) is 2.25. The van der Waals surface area contributed by atoms with Crippen LogP contribution in [0.15, 0.2) is 0 Å². The van der Waals surface area contributed by atoms with Crippen molar-refractivity contribution in [2.75, 3.05) is 27.4 Å². The van der Waals surface area contributed by atoms with Gasteiger partial charge in [0.2, 0.25) is 0 Å². The fraction of sp³-hybridized carbons (Fsp3) is 1.00. The molecule has 0 aliphatic carbocycles. The Morgan fingerprint density at radius 3 is 1.82 bits per heavy atom. The van der Waals surface area contributed by atoms with Gasteiger partial charge in [-0.1, -0.05) is 46.5 Å². The van der Waals surface area contributed by atoms with Crippen molar-refractivity contribution in [2.45, 2.75) is 52.9 Å². The first-order valence-electron chi connectivity index (χ1n) is 7.08. The largest absolute Gasteiger partial charge is 0.384 e. The van der Waals surface area contributed by atoms with Gasteiger partial charge in [0, 0.05) is 20.1 Å². The standard InChI is InChI=1S/C15H32O2/c1-13(2)7-6-8-14(3)9-10-15(11-16-4)12-17-5/h13-15H,6-12H2,1-5H3. The van der Waals surface area contributed by atoms with Crippen LogP contribution in [0.4, 0.5) is 0 Å². The maximum absolute atomic E-state index is 5.22. The van der Waals surface area contributed by atoms with Crippen molar-refractivity contribution >= 4 is 0 Å². The molecule has 0 N–H and O–H groups in total. The average Bonchev–Trinajstić information content (AvgIpc) is 2.26. The van der Waals surface area contributed by atoms with Gasteiger partial charge in [-0.05, 0) is 18.3 Å². The van der Waals surface area contributed by atoms with Crippen molar-refractivity contribution < 1.29 is 9.47 Å². The summed E-state index contributed by atoms with van der Waals surface area (Å²) in [7, 11) is 3.55. The minimum atomic E-state index is 0.567. The molecular formula is C15H32O2. The van der Waals surface area contributed by atoms with Gasteiger partial charge in [0.05, 0.1) is 13.2 Å². The van der Waals surface area contributed by atoms with Crippen molar-refractivity contribution in [3.63, 3.8) is 0 Å². The number of ether oxygens (including phenoxy) is 2. The van der Waals surface area contributed by atoms with E-state index in [1.807, 2.05) is 0 Å². The van der Waals surface area contributed by atoms with Gasteiger partial charge in [-0.3, -0.25) is 0 Å². The Hall–Kier alpha value is -0.0800. The molecule has 0 fully saturated rings. The van der Waals surface area contributed by atoms with E-state index in [0.717, 1.165) is 25.0 Å². The van der Waals surface area contributed by atoms with Crippen LogP contribution in [0.25, 0.3) is 0 Å². The van der Waals surface area contributed by atoms with Gasteiger partial charge in [0.25, 0.3) is 0 Å². The molecule has 0 rings (SSSR count). The van der Waals surface area contributed by atoms with Crippen LogP contribution in [0.5, 0.6) is 0 Å². The molecule has 0 saturated heterocycles. The highest BCUT2D eigenvalue weighted by atomic mass is 16.5. The summed E-state index contributed by atoms with van der Waals surface area (Å²) in [6.45, 7) is 8.63. The fourth-order valence-corrected chi connectivity index (χ4v) is 2.23. The third-order valence-electron chi connectivity index (χ3n) is 3.35. The molecule has 17 heavy (non-hydrogen) atoms. The number of hydrogen-bond donors (Lipinski definition) is 0. The van der Waals surface area contributed by atoms with Crippen LogP contribution in [0, 0.1) is 17.8 Å². The summed E-state index contributed by atoms with van der Waals surface area (Å²) in [5, 5.41) is 0. The van der Waals surface area contributed by atoms with E-state index in [-0.39, 0.29) is 0 Å². The Morgan fingerprint density at radius 2 is 1.35 bits per heavy atom. The van der Waals surface area contributed by atoms with Crippen molar-refractivity contribution in [3.05, 3.63) is 0 Å². The average molecular weight is 244 g/mol. The predicted octanol–water partition coefficient (Wildman–Crippen LogP) is 4.14. The lowest BCUT2D eigenvalue weighted by atomic mass is 9.92. The zero-order valence-corrected chi connectivity index (χ0v) is 12.5. The molecular weight excluding hydrogens is 212 g/mol. The van der Waals surface area contributed by atoms with Gasteiger partial charge in [0.1, 0.15) is 0 Å². The van der Waals surface area contributed by atoms with Gasteiger partial charge < -0.3 is 9.47 Å². The second-order valence-corrected chi connectivity index (χ2v) is 5.78. The van der Waals surface area contributed by atoms with Crippen molar-refractivity contribution in [2.24, 2.45) is 17.8 Å². The van der Waals surface area contributed by atoms with Gasteiger partial charge in [-0.25, -0.2) is 0 Å². The molecule has 1 atom stereocenters. The Labute approximate surface area is 108 Å². The Kier molecular flexibility index (Phi) is 11.0. The lowest BCUT2D eigenvalue weighted by Crippen LogP contribution is -2.15. The first kappa shape index (κ1) is 16.9. The van der Waals surface area contributed by atoms with Gasteiger partial charge >= 0.3 is 0 Å². The lowest BCUT2D eigenvalue weighted by molar-refractivity contribution is 0.0771. The molecule has 104 valence electrons. The smallest absolute Gasteiger partial charge is 0.0512 e. The second-order valence-electron chi connectivity index (χ2n) is 5.78. The molecule has 0 saturated carbocycles. The van der Waals surface area contributed by atoms with Crippen LogP contribution in [0.3, 0.4) is 0 Å². The first-order chi connectivity index (χ1) is 8.10. The monoisotopic (exact) mass is 244 g/mol. The SMILES string of the molecule is COCC(CCC(C)CCCC(C)C)COC. The predicted molar refractivity (Wildman–Crippen MR) is 74.3 cm³/mol. The summed E-state index contributed by atoms with van der Waals surface area (Å²) in [4.78, 5) is 0. The molecule has 0 aliphatic rings. The molecule has 0 aromatic carbocycles. The zero-order chi connectivity index (χ0) is 13.1. The minimum Gasteiger partial charge on any atom is -0.384 e. The molecule has 1 unspecified atom stereocenters. The van der Waals surface area contributed by atoms with E-state index in [4.69, 9.17) is 9.47 Å². The van der Waals surface area contributed by atoms with Crippen LogP contribution in [0.1, 0.15) is 52.9 Å². The summed E-state index contributed by atoms with van der Waals surface area (Å²) < 4.78 is 10.4. The lowest BCUT2D eigenvalue weighted by Gasteiger charge is -2.18. The molecule has 0 aliphatic heterocycles. The normalized spacial score (nSPS) is 13.6. The van der Waals surface area contributed by atoms with Crippen molar-refractivity contribution in [3.8, 4) is 0 Å². The highest BCUT2D eigenvalue weighted by Crippen LogP contribution is 2.19. The first-order valence-corrected chi connectivity index (χ1v) is 7.08. The summed E-state index contributed by atoms with van der Waals surface area (Å²) in [5.41, 5.74) is 0. The van der Waals surface area contributed by atoms with Crippen molar-refractivity contribution in [1.29, 1.82) is 0 Å². The maximum atomic E-state index is 5.22. The molecule has 2 heteroatoms. The quantitative estimate of drug-likeness (QED) is 0.544. The Balaban J connectivity index is 3.60. The molecule has 0 bridgehead atoms. The number of rotatable bonds is 11. The molecule has 0 aromatic rings. The zero-order valence-electron chi connectivity index (χ0n) is 12.5. The summed E-state index contributed by atoms with van der Waals surface area (Å²) in [6.07, 6.45) is 6.63. The van der Waals surface area contributed by atoms with Gasteiger partial charge in [-0.2, -0.15) is 0 Å². The molecule has 0 radical (unpaired) electrons.